The average molecular weight is 390 g/mol. The first-order valence-electron chi connectivity index (χ1n) is 9.41. The predicted octanol–water partition coefficient (Wildman–Crippen LogP) is 2.16. The minimum atomic E-state index is -0.301. The second-order valence-electron chi connectivity index (χ2n) is 6.94. The molecule has 3 heterocycles. The zero-order valence-corrected chi connectivity index (χ0v) is 16.1. The fourth-order valence-electron chi connectivity index (χ4n) is 3.26. The largest absolute Gasteiger partial charge is 0.422 e. The van der Waals surface area contributed by atoms with Crippen LogP contribution in [0.15, 0.2) is 64.5 Å². The van der Waals surface area contributed by atoms with E-state index in [1.165, 1.54) is 23.6 Å². The summed E-state index contributed by atoms with van der Waals surface area (Å²) in [6.45, 7) is 3.85. The Balaban J connectivity index is 1.42. The number of H-pyrrole nitrogens is 1. The van der Waals surface area contributed by atoms with Gasteiger partial charge >= 0.3 is 6.01 Å². The summed E-state index contributed by atoms with van der Waals surface area (Å²) < 4.78 is 5.62. The highest BCUT2D eigenvalue weighted by Gasteiger charge is 2.21. The van der Waals surface area contributed by atoms with Gasteiger partial charge < -0.3 is 15.4 Å². The van der Waals surface area contributed by atoms with Gasteiger partial charge in [-0.3, -0.25) is 19.8 Å². The van der Waals surface area contributed by atoms with Crippen molar-refractivity contribution < 1.29 is 4.74 Å². The van der Waals surface area contributed by atoms with Crippen LogP contribution in [0.25, 0.3) is 10.9 Å². The molecule has 1 atom stereocenters. The number of aryl methyl sites for hydroxylation is 1. The number of nitrogens with two attached hydrogens (primary N) is 1. The van der Waals surface area contributed by atoms with Gasteiger partial charge in [-0.2, -0.15) is 4.98 Å². The molecule has 1 aliphatic rings. The molecule has 3 N–H and O–H groups in total. The molecule has 0 bridgehead atoms. The van der Waals surface area contributed by atoms with E-state index in [-0.39, 0.29) is 17.6 Å². The third kappa shape index (κ3) is 4.26. The van der Waals surface area contributed by atoms with E-state index in [2.05, 4.69) is 56.0 Å². The molecule has 4 rings (SSSR count). The highest BCUT2D eigenvalue weighted by atomic mass is 16.5. The van der Waals surface area contributed by atoms with Crippen LogP contribution in [0.3, 0.4) is 0 Å². The number of rotatable bonds is 5. The molecule has 3 aromatic rings. The summed E-state index contributed by atoms with van der Waals surface area (Å²) in [4.78, 5) is 29.9. The van der Waals surface area contributed by atoms with Crippen LogP contribution in [0.2, 0.25) is 0 Å². The Bertz CT molecular complexity index is 1120. The van der Waals surface area contributed by atoms with Crippen LogP contribution >= 0.6 is 0 Å². The highest BCUT2D eigenvalue weighted by molar-refractivity contribution is 5.78. The Morgan fingerprint density at radius 1 is 1.34 bits per heavy atom. The number of hydrogen-bond acceptors (Lipinski definition) is 7. The van der Waals surface area contributed by atoms with Crippen molar-refractivity contribution in [2.24, 2.45) is 10.7 Å². The van der Waals surface area contributed by atoms with Crippen molar-refractivity contribution >= 4 is 22.8 Å². The molecule has 0 amide bonds. The summed E-state index contributed by atoms with van der Waals surface area (Å²) in [6, 6.07) is 10.3. The molecule has 29 heavy (non-hydrogen) atoms. The Morgan fingerprint density at radius 2 is 2.17 bits per heavy atom. The van der Waals surface area contributed by atoms with Crippen molar-refractivity contribution in [3.8, 4) is 6.01 Å². The van der Waals surface area contributed by atoms with E-state index in [0.29, 0.717) is 16.7 Å². The maximum atomic E-state index is 12.1. The number of benzene rings is 1. The van der Waals surface area contributed by atoms with Gasteiger partial charge in [-0.05, 0) is 31.5 Å². The summed E-state index contributed by atoms with van der Waals surface area (Å²) in [7, 11) is 0. The van der Waals surface area contributed by atoms with Crippen LogP contribution in [0, 0.1) is 6.92 Å². The van der Waals surface area contributed by atoms with Crippen molar-refractivity contribution in [2.45, 2.75) is 19.4 Å². The summed E-state index contributed by atoms with van der Waals surface area (Å²) >= 11 is 0. The minimum absolute atomic E-state index is 0.0475. The van der Waals surface area contributed by atoms with E-state index < -0.39 is 0 Å². The second-order valence-corrected chi connectivity index (χ2v) is 6.94. The molecule has 0 spiro atoms. The number of nitrogens with zero attached hydrogens (tertiary/aromatic N) is 4. The standard InChI is InChI=1S/C21H22N6O2/c1-14-2-4-16(5-3-14)27-9-7-15(13-27)24-11-17(10-22)29-21-25-19-12-23-8-6-18(19)20(28)26-21/h2-6,8,10-12,15H,7,9,13,22H2,1H3,(H,25,26,28)/t15-/m0/s1. The van der Waals surface area contributed by atoms with E-state index >= 15 is 0 Å². The quantitative estimate of drug-likeness (QED) is 0.510. The van der Waals surface area contributed by atoms with Gasteiger partial charge in [0, 0.05) is 31.2 Å². The molecule has 0 aliphatic carbocycles. The Labute approximate surface area is 167 Å². The summed E-state index contributed by atoms with van der Waals surface area (Å²) in [5.74, 6) is 0.310. The first kappa shape index (κ1) is 18.7. The number of fused-ring (bicyclic) bond motifs is 1. The van der Waals surface area contributed by atoms with Crippen molar-refractivity contribution in [3.63, 3.8) is 0 Å². The number of pyridine rings is 1. The van der Waals surface area contributed by atoms with Gasteiger partial charge in [0.15, 0.2) is 5.76 Å². The third-order valence-corrected chi connectivity index (χ3v) is 4.84. The molecule has 0 saturated carbocycles. The average Bonchev–Trinajstić information content (AvgIpc) is 3.21. The van der Waals surface area contributed by atoms with Crippen LogP contribution in [-0.4, -0.2) is 40.3 Å². The van der Waals surface area contributed by atoms with Gasteiger partial charge in [0.25, 0.3) is 5.56 Å². The number of hydrogen-bond donors (Lipinski definition) is 2. The number of aromatic nitrogens is 3. The number of allylic oxidation sites excluding steroid dienone is 1. The first-order chi connectivity index (χ1) is 14.1. The molecule has 148 valence electrons. The van der Waals surface area contributed by atoms with E-state index in [9.17, 15) is 4.79 Å². The topological polar surface area (TPSA) is 109 Å². The smallest absolute Gasteiger partial charge is 0.302 e. The van der Waals surface area contributed by atoms with Gasteiger partial charge in [-0.15, -0.1) is 0 Å². The van der Waals surface area contributed by atoms with Crippen molar-refractivity contribution in [2.75, 3.05) is 18.0 Å². The predicted molar refractivity (Wildman–Crippen MR) is 113 cm³/mol. The Morgan fingerprint density at radius 3 is 2.97 bits per heavy atom. The fourth-order valence-corrected chi connectivity index (χ4v) is 3.26. The van der Waals surface area contributed by atoms with Gasteiger partial charge in [0.2, 0.25) is 0 Å². The molecule has 8 nitrogen and oxygen atoms in total. The highest BCUT2D eigenvalue weighted by Crippen LogP contribution is 2.22. The number of nitrogens with one attached hydrogen (secondary N) is 1. The second kappa shape index (κ2) is 8.14. The molecule has 8 heteroatoms. The zero-order valence-electron chi connectivity index (χ0n) is 16.1. The fraction of sp³-hybridized carbons (Fsp3) is 0.238. The van der Waals surface area contributed by atoms with Crippen LogP contribution in [0.5, 0.6) is 6.01 Å². The lowest BCUT2D eigenvalue weighted by molar-refractivity contribution is 0.417. The van der Waals surface area contributed by atoms with E-state index in [1.807, 2.05) is 0 Å². The Kier molecular flexibility index (Phi) is 5.24. The molecule has 1 saturated heterocycles. The molecular formula is C21H22N6O2. The minimum Gasteiger partial charge on any atom is -0.422 e. The van der Waals surface area contributed by atoms with Gasteiger partial charge in [-0.1, -0.05) is 17.7 Å². The molecule has 1 aliphatic heterocycles. The number of aliphatic imine (C=N–C) groups is 1. The number of anilines is 1. The number of aromatic amines is 1. The SMILES string of the molecule is Cc1ccc(N2CC[C@H](N=CC(=CN)Oc3nc4cnccc4c(=O)[nH]3)C2)cc1. The first-order valence-corrected chi connectivity index (χ1v) is 9.41. The zero-order chi connectivity index (χ0) is 20.2. The summed E-state index contributed by atoms with van der Waals surface area (Å²) in [6.07, 6.45) is 6.87. The normalized spacial score (nSPS) is 17.3. The lowest BCUT2D eigenvalue weighted by Gasteiger charge is -2.17. The molecule has 1 aromatic carbocycles. The van der Waals surface area contributed by atoms with Gasteiger partial charge in [0.05, 0.1) is 29.4 Å². The van der Waals surface area contributed by atoms with Crippen LogP contribution in [0.1, 0.15) is 12.0 Å². The van der Waals surface area contributed by atoms with Crippen LogP contribution in [0.4, 0.5) is 5.69 Å². The molecular weight excluding hydrogens is 368 g/mol. The number of ether oxygens (including phenoxy) is 1. The van der Waals surface area contributed by atoms with Gasteiger partial charge in [0.1, 0.15) is 0 Å². The summed E-state index contributed by atoms with van der Waals surface area (Å²) in [5, 5.41) is 0.446. The van der Waals surface area contributed by atoms with Crippen LogP contribution < -0.4 is 20.9 Å². The van der Waals surface area contributed by atoms with E-state index in [0.717, 1.165) is 19.5 Å². The maximum absolute atomic E-state index is 12.1. The summed E-state index contributed by atoms with van der Waals surface area (Å²) in [5.41, 5.74) is 8.26. The van der Waals surface area contributed by atoms with Crippen molar-refractivity contribution in [3.05, 3.63) is 70.6 Å². The maximum Gasteiger partial charge on any atom is 0.302 e. The van der Waals surface area contributed by atoms with E-state index in [4.69, 9.17) is 10.5 Å². The molecule has 0 radical (unpaired) electrons. The molecule has 2 aromatic heterocycles. The van der Waals surface area contributed by atoms with Crippen LogP contribution in [-0.2, 0) is 0 Å². The third-order valence-electron chi connectivity index (χ3n) is 4.84. The monoisotopic (exact) mass is 390 g/mol. The lowest BCUT2D eigenvalue weighted by atomic mass is 10.2. The Hall–Kier alpha value is -3.68. The van der Waals surface area contributed by atoms with Crippen molar-refractivity contribution in [1.82, 2.24) is 15.0 Å². The molecule has 1 fully saturated rings. The van der Waals surface area contributed by atoms with E-state index in [1.54, 1.807) is 18.5 Å². The molecule has 0 unspecified atom stereocenters. The lowest BCUT2D eigenvalue weighted by Crippen LogP contribution is -2.20. The van der Waals surface area contributed by atoms with Crippen molar-refractivity contribution in [1.29, 1.82) is 0 Å². The van der Waals surface area contributed by atoms with Gasteiger partial charge in [-0.25, -0.2) is 0 Å².